The molecule has 0 unspecified atom stereocenters. The number of likely N-dealkylation sites (tertiary alicyclic amines) is 1. The molecule has 1 heterocycles. The van der Waals surface area contributed by atoms with Gasteiger partial charge in [0.25, 0.3) is 0 Å². The molecule has 36 heavy (non-hydrogen) atoms. The van der Waals surface area contributed by atoms with Gasteiger partial charge in [0.1, 0.15) is 5.60 Å². The number of rotatable bonds is 5. The van der Waals surface area contributed by atoms with E-state index in [0.717, 1.165) is 5.56 Å². The first kappa shape index (κ1) is 27.8. The first-order valence-electron chi connectivity index (χ1n) is 11.6. The Morgan fingerprint density at radius 2 is 1.53 bits per heavy atom. The van der Waals surface area contributed by atoms with Crippen molar-refractivity contribution >= 4 is 6.09 Å². The molecule has 1 fully saturated rings. The van der Waals surface area contributed by atoms with Crippen LogP contribution in [0.5, 0.6) is 0 Å². The number of piperidine rings is 1. The Balaban J connectivity index is 1.80. The Kier molecular flexibility index (Phi) is 8.27. The van der Waals surface area contributed by atoms with Gasteiger partial charge in [-0.1, -0.05) is 30.3 Å². The topological polar surface area (TPSA) is 38.8 Å². The van der Waals surface area contributed by atoms with Crippen LogP contribution in [0.1, 0.15) is 61.9 Å². The van der Waals surface area contributed by atoms with Crippen molar-refractivity contribution in [2.75, 3.05) is 13.2 Å². The van der Waals surface area contributed by atoms with Crippen molar-refractivity contribution < 1.29 is 40.6 Å². The summed E-state index contributed by atoms with van der Waals surface area (Å²) in [6.07, 6.45) is -9.83. The quantitative estimate of drug-likeness (QED) is 0.388. The second-order valence-electron chi connectivity index (χ2n) is 9.74. The summed E-state index contributed by atoms with van der Waals surface area (Å²) in [6.45, 7) is 5.57. The third kappa shape index (κ3) is 7.38. The van der Waals surface area contributed by atoms with Crippen molar-refractivity contribution in [1.82, 2.24) is 4.90 Å². The third-order valence-corrected chi connectivity index (χ3v) is 5.71. The van der Waals surface area contributed by atoms with Gasteiger partial charge in [-0.3, -0.25) is 4.90 Å². The predicted molar refractivity (Wildman–Crippen MR) is 121 cm³/mol. The maximum atomic E-state index is 13.2. The van der Waals surface area contributed by atoms with E-state index >= 15 is 0 Å². The van der Waals surface area contributed by atoms with Crippen molar-refractivity contribution in [3.63, 3.8) is 0 Å². The van der Waals surface area contributed by atoms with Crippen LogP contribution in [0.3, 0.4) is 0 Å². The summed E-state index contributed by atoms with van der Waals surface area (Å²) in [4.78, 5) is 14.5. The number of halogens is 6. The summed E-state index contributed by atoms with van der Waals surface area (Å²) in [5.74, 6) is 0. The molecule has 0 aromatic heterocycles. The number of carbonyl (C=O) groups is 1. The Morgan fingerprint density at radius 3 is 2.06 bits per heavy atom. The number of amides is 1. The molecule has 4 nitrogen and oxygen atoms in total. The van der Waals surface area contributed by atoms with E-state index in [0.29, 0.717) is 31.5 Å². The molecular weight excluding hydrogens is 488 g/mol. The number of carbonyl (C=O) groups excluding carboxylic acids is 1. The first-order valence-corrected chi connectivity index (χ1v) is 11.6. The fraction of sp³-hybridized carbons (Fsp3) is 0.500. The van der Waals surface area contributed by atoms with Crippen LogP contribution in [-0.4, -0.2) is 35.8 Å². The van der Waals surface area contributed by atoms with E-state index < -0.39 is 47.3 Å². The molecule has 3 rings (SSSR count). The molecule has 0 radical (unpaired) electrons. The maximum absolute atomic E-state index is 13.2. The second kappa shape index (κ2) is 10.7. The zero-order valence-corrected chi connectivity index (χ0v) is 20.2. The molecule has 0 bridgehead atoms. The molecule has 198 valence electrons. The average molecular weight is 518 g/mol. The molecular formula is C26H29F6NO3. The summed E-state index contributed by atoms with van der Waals surface area (Å²) in [5.41, 5.74) is -2.77. The van der Waals surface area contributed by atoms with Crippen molar-refractivity contribution in [2.24, 2.45) is 0 Å². The lowest BCUT2D eigenvalue weighted by Crippen LogP contribution is -2.48. The van der Waals surface area contributed by atoms with Gasteiger partial charge in [0.15, 0.2) is 0 Å². The zero-order valence-electron chi connectivity index (χ0n) is 20.2. The van der Waals surface area contributed by atoms with Gasteiger partial charge in [0.2, 0.25) is 0 Å². The van der Waals surface area contributed by atoms with Crippen LogP contribution in [0.2, 0.25) is 0 Å². The summed E-state index contributed by atoms with van der Waals surface area (Å²) >= 11 is 0. The molecule has 2 aromatic rings. The minimum atomic E-state index is -4.91. The fourth-order valence-electron chi connectivity index (χ4n) is 4.20. The number of ether oxygens (including phenoxy) is 2. The molecule has 1 amide bonds. The number of hydrogen-bond acceptors (Lipinski definition) is 3. The molecule has 1 aliphatic heterocycles. The van der Waals surface area contributed by atoms with Crippen LogP contribution < -0.4 is 0 Å². The summed E-state index contributed by atoms with van der Waals surface area (Å²) < 4.78 is 90.6. The van der Waals surface area contributed by atoms with Gasteiger partial charge in [0, 0.05) is 6.54 Å². The van der Waals surface area contributed by atoms with Crippen LogP contribution in [0.15, 0.2) is 48.5 Å². The van der Waals surface area contributed by atoms with Crippen LogP contribution in [-0.2, 0) is 28.2 Å². The summed E-state index contributed by atoms with van der Waals surface area (Å²) in [6, 6.07) is 10.1. The zero-order chi connectivity index (χ0) is 26.7. The average Bonchev–Trinajstić information content (AvgIpc) is 2.77. The molecule has 0 aliphatic carbocycles. The third-order valence-electron chi connectivity index (χ3n) is 5.71. The monoisotopic (exact) mass is 517 g/mol. The Labute approximate surface area is 206 Å². The molecule has 2 aromatic carbocycles. The van der Waals surface area contributed by atoms with Crippen LogP contribution in [0.4, 0.5) is 31.1 Å². The van der Waals surface area contributed by atoms with E-state index in [1.54, 1.807) is 25.7 Å². The number of hydrogen-bond donors (Lipinski definition) is 0. The minimum absolute atomic E-state index is 0.107. The van der Waals surface area contributed by atoms with Gasteiger partial charge in [-0.05, 0) is 69.4 Å². The molecule has 0 saturated carbocycles. The number of nitrogens with zero attached hydrogens (tertiary/aromatic N) is 1. The SMILES string of the molecule is CC(C)(C)OC(=O)N1CCC[C@H](OCCc2cc(C(F)(F)F)cc(C(F)(F)F)c2)[C@@H]1c1ccccc1. The van der Waals surface area contributed by atoms with Gasteiger partial charge in [-0.15, -0.1) is 0 Å². The lowest BCUT2D eigenvalue weighted by Gasteiger charge is -2.41. The van der Waals surface area contributed by atoms with Crippen molar-refractivity contribution in [3.8, 4) is 0 Å². The van der Waals surface area contributed by atoms with Crippen molar-refractivity contribution in [2.45, 2.75) is 70.1 Å². The molecule has 1 aliphatic rings. The van der Waals surface area contributed by atoms with Gasteiger partial charge < -0.3 is 9.47 Å². The molecule has 1 saturated heterocycles. The Bertz CT molecular complexity index is 998. The molecule has 0 spiro atoms. The van der Waals surface area contributed by atoms with Crippen molar-refractivity contribution in [1.29, 1.82) is 0 Å². The van der Waals surface area contributed by atoms with Crippen LogP contribution >= 0.6 is 0 Å². The van der Waals surface area contributed by atoms with Gasteiger partial charge in [0.05, 0.1) is 29.9 Å². The second-order valence-corrected chi connectivity index (χ2v) is 9.74. The minimum Gasteiger partial charge on any atom is -0.444 e. The first-order chi connectivity index (χ1) is 16.6. The van der Waals surface area contributed by atoms with Gasteiger partial charge in [-0.2, -0.15) is 26.3 Å². The smallest absolute Gasteiger partial charge is 0.416 e. The van der Waals surface area contributed by atoms with E-state index in [9.17, 15) is 31.1 Å². The molecule has 0 N–H and O–H groups in total. The summed E-state index contributed by atoms with van der Waals surface area (Å²) in [7, 11) is 0. The van der Waals surface area contributed by atoms with Crippen LogP contribution in [0.25, 0.3) is 0 Å². The van der Waals surface area contributed by atoms with E-state index in [1.165, 1.54) is 0 Å². The van der Waals surface area contributed by atoms with Gasteiger partial charge >= 0.3 is 18.4 Å². The molecule has 10 heteroatoms. The van der Waals surface area contributed by atoms with Gasteiger partial charge in [-0.25, -0.2) is 4.79 Å². The largest absolute Gasteiger partial charge is 0.444 e. The standard InChI is InChI=1S/C26H29F6NO3/c1-24(2,3)36-23(34)33-12-7-10-21(22(33)18-8-5-4-6-9-18)35-13-11-17-14-19(25(27,28)29)16-20(15-17)26(30,31)32/h4-6,8-9,14-16,21-22H,7,10-13H2,1-3H3/t21-,22-/m0/s1. The van der Waals surface area contributed by atoms with E-state index in [2.05, 4.69) is 0 Å². The lowest BCUT2D eigenvalue weighted by atomic mass is 9.92. The highest BCUT2D eigenvalue weighted by Gasteiger charge is 2.39. The van der Waals surface area contributed by atoms with E-state index in [-0.39, 0.29) is 24.7 Å². The summed E-state index contributed by atoms with van der Waals surface area (Å²) in [5, 5.41) is 0. The fourth-order valence-corrected chi connectivity index (χ4v) is 4.20. The number of benzene rings is 2. The van der Waals surface area contributed by atoms with E-state index in [4.69, 9.17) is 9.47 Å². The van der Waals surface area contributed by atoms with Crippen LogP contribution in [0, 0.1) is 0 Å². The molecule has 2 atom stereocenters. The number of alkyl halides is 6. The Hall–Kier alpha value is -2.75. The normalized spacial score (nSPS) is 19.3. The highest BCUT2D eigenvalue weighted by Crippen LogP contribution is 2.37. The van der Waals surface area contributed by atoms with E-state index in [1.807, 2.05) is 30.3 Å². The Morgan fingerprint density at radius 1 is 0.944 bits per heavy atom. The highest BCUT2D eigenvalue weighted by molar-refractivity contribution is 5.69. The maximum Gasteiger partial charge on any atom is 0.416 e. The van der Waals surface area contributed by atoms with Crippen molar-refractivity contribution in [3.05, 3.63) is 70.8 Å². The predicted octanol–water partition coefficient (Wildman–Crippen LogP) is 7.42. The lowest BCUT2D eigenvalue weighted by molar-refractivity contribution is -0.143. The highest BCUT2D eigenvalue weighted by atomic mass is 19.4.